The van der Waals surface area contributed by atoms with Crippen molar-refractivity contribution in [2.75, 3.05) is 5.32 Å². The van der Waals surface area contributed by atoms with Gasteiger partial charge in [0.25, 0.3) is 0 Å². The quantitative estimate of drug-likeness (QED) is 0.595. The van der Waals surface area contributed by atoms with Crippen LogP contribution < -0.4 is 5.32 Å². The summed E-state index contributed by atoms with van der Waals surface area (Å²) in [4.78, 5) is 8.80. The molecule has 1 aromatic carbocycles. The van der Waals surface area contributed by atoms with Crippen LogP contribution in [0, 0.1) is 6.92 Å². The summed E-state index contributed by atoms with van der Waals surface area (Å²) < 4.78 is 40.0. The van der Waals surface area contributed by atoms with Crippen molar-refractivity contribution in [2.45, 2.75) is 45.7 Å². The third-order valence-electron chi connectivity index (χ3n) is 4.30. The van der Waals surface area contributed by atoms with Crippen LogP contribution in [0.1, 0.15) is 49.6 Å². The number of benzene rings is 1. The highest BCUT2D eigenvalue weighted by Gasteiger charge is 2.31. The Bertz CT molecular complexity index is 968. The number of fused-ring (bicyclic) bond motifs is 1. The molecular weight excluding hydrogens is 379 g/mol. The lowest BCUT2D eigenvalue weighted by Gasteiger charge is -2.13. The molecule has 144 valence electrons. The van der Waals surface area contributed by atoms with E-state index in [1.165, 1.54) is 6.07 Å². The van der Waals surface area contributed by atoms with Gasteiger partial charge in [-0.2, -0.15) is 27.8 Å². The molecule has 3 rings (SSSR count). The Labute approximate surface area is 159 Å². The molecule has 0 spiro atoms. The summed E-state index contributed by atoms with van der Waals surface area (Å²) in [6, 6.07) is 3.13. The van der Waals surface area contributed by atoms with Gasteiger partial charge in [0.15, 0.2) is 5.65 Å². The van der Waals surface area contributed by atoms with Crippen LogP contribution in [0.5, 0.6) is 0 Å². The fourth-order valence-corrected chi connectivity index (χ4v) is 3.16. The second-order valence-corrected chi connectivity index (χ2v) is 6.84. The van der Waals surface area contributed by atoms with Crippen molar-refractivity contribution in [3.8, 4) is 0 Å². The summed E-state index contributed by atoms with van der Waals surface area (Å²) in [5.74, 6) is 1.15. The normalized spacial score (nSPS) is 13.1. The lowest BCUT2D eigenvalue weighted by Crippen LogP contribution is -2.08. The highest BCUT2D eigenvalue weighted by atomic mass is 35.5. The molecule has 0 saturated heterocycles. The lowest BCUT2D eigenvalue weighted by molar-refractivity contribution is -0.137. The van der Waals surface area contributed by atoms with Crippen LogP contribution in [-0.2, 0) is 6.18 Å². The Morgan fingerprint density at radius 2 is 2.00 bits per heavy atom. The maximum absolute atomic E-state index is 12.8. The fraction of sp³-hybridized carbons (Fsp3) is 0.389. The predicted molar refractivity (Wildman–Crippen MR) is 98.6 cm³/mol. The van der Waals surface area contributed by atoms with Crippen LogP contribution in [0.15, 0.2) is 24.4 Å². The van der Waals surface area contributed by atoms with Gasteiger partial charge in [0.2, 0.25) is 5.95 Å². The first-order chi connectivity index (χ1) is 12.7. The number of anilines is 2. The van der Waals surface area contributed by atoms with E-state index in [0.29, 0.717) is 23.1 Å². The molecule has 0 fully saturated rings. The molecule has 0 amide bonds. The predicted octanol–water partition coefficient (Wildman–Crippen LogP) is 5.75. The first-order valence-electron chi connectivity index (χ1n) is 8.56. The Morgan fingerprint density at radius 1 is 1.26 bits per heavy atom. The molecule has 27 heavy (non-hydrogen) atoms. The van der Waals surface area contributed by atoms with Gasteiger partial charge in [-0.25, -0.2) is 4.98 Å². The van der Waals surface area contributed by atoms with E-state index in [2.05, 4.69) is 34.2 Å². The number of nitrogens with one attached hydrogen (secondary N) is 1. The number of hydrogen-bond acceptors (Lipinski definition) is 4. The van der Waals surface area contributed by atoms with Crippen LogP contribution in [0.4, 0.5) is 24.8 Å². The molecule has 1 unspecified atom stereocenters. The average Bonchev–Trinajstić information content (AvgIpc) is 2.99. The maximum atomic E-state index is 12.8. The molecule has 0 bridgehead atoms. The number of halogens is 4. The molecule has 0 radical (unpaired) electrons. The van der Waals surface area contributed by atoms with Gasteiger partial charge in [-0.3, -0.25) is 0 Å². The van der Waals surface area contributed by atoms with Crippen LogP contribution in [-0.4, -0.2) is 19.6 Å². The largest absolute Gasteiger partial charge is 0.416 e. The van der Waals surface area contributed by atoms with Crippen molar-refractivity contribution in [1.82, 2.24) is 19.6 Å². The van der Waals surface area contributed by atoms with Gasteiger partial charge in [-0.05, 0) is 37.5 Å². The summed E-state index contributed by atoms with van der Waals surface area (Å²) in [5, 5.41) is 7.27. The molecular formula is C18H19ClF3N5. The zero-order chi connectivity index (χ0) is 19.8. The second-order valence-electron chi connectivity index (χ2n) is 6.44. The molecule has 1 N–H and O–H groups in total. The SMILES string of the molecule is CCCC(C)c1cnn2c(Nc3ccc(C(F)(F)F)cc3Cl)nc(C)nc12. The van der Waals surface area contributed by atoms with Crippen LogP contribution >= 0.6 is 11.6 Å². The zero-order valence-corrected chi connectivity index (χ0v) is 15.9. The minimum atomic E-state index is -4.45. The average molecular weight is 398 g/mol. The van der Waals surface area contributed by atoms with Gasteiger partial charge < -0.3 is 5.32 Å². The first-order valence-corrected chi connectivity index (χ1v) is 8.94. The van der Waals surface area contributed by atoms with Crippen LogP contribution in [0.2, 0.25) is 5.02 Å². The van der Waals surface area contributed by atoms with E-state index < -0.39 is 11.7 Å². The zero-order valence-electron chi connectivity index (χ0n) is 15.1. The molecule has 0 aliphatic heterocycles. The number of nitrogens with zero attached hydrogens (tertiary/aromatic N) is 4. The van der Waals surface area contributed by atoms with Crippen LogP contribution in [0.3, 0.4) is 0 Å². The molecule has 5 nitrogen and oxygen atoms in total. The molecule has 2 aromatic heterocycles. The Morgan fingerprint density at radius 3 is 2.63 bits per heavy atom. The number of alkyl halides is 3. The molecule has 0 aliphatic rings. The molecule has 0 saturated carbocycles. The third kappa shape index (κ3) is 4.00. The van der Waals surface area contributed by atoms with Gasteiger partial charge in [0, 0.05) is 5.56 Å². The van der Waals surface area contributed by atoms with Crippen molar-refractivity contribution >= 4 is 28.9 Å². The van der Waals surface area contributed by atoms with E-state index in [1.807, 2.05) is 0 Å². The molecule has 2 heterocycles. The van der Waals surface area contributed by atoms with E-state index in [9.17, 15) is 13.2 Å². The highest BCUT2D eigenvalue weighted by Crippen LogP contribution is 2.35. The summed E-state index contributed by atoms with van der Waals surface area (Å²) in [7, 11) is 0. The first kappa shape index (κ1) is 19.4. The van der Waals surface area contributed by atoms with Gasteiger partial charge in [-0.15, -0.1) is 0 Å². The van der Waals surface area contributed by atoms with E-state index in [4.69, 9.17) is 11.6 Å². The molecule has 9 heteroatoms. The smallest absolute Gasteiger partial charge is 0.323 e. The highest BCUT2D eigenvalue weighted by molar-refractivity contribution is 6.33. The van der Waals surface area contributed by atoms with Crippen LogP contribution in [0.25, 0.3) is 5.65 Å². The topological polar surface area (TPSA) is 55.1 Å². The van der Waals surface area contributed by atoms with Crippen molar-refractivity contribution in [3.05, 3.63) is 46.4 Å². The summed E-state index contributed by atoms with van der Waals surface area (Å²) in [5.41, 5.74) is 1.18. The van der Waals surface area contributed by atoms with E-state index in [0.717, 1.165) is 30.5 Å². The molecule has 1 atom stereocenters. The number of hydrogen-bond donors (Lipinski definition) is 1. The summed E-state index contributed by atoms with van der Waals surface area (Å²) >= 11 is 6.04. The van der Waals surface area contributed by atoms with E-state index in [1.54, 1.807) is 17.6 Å². The second kappa shape index (κ2) is 7.34. The third-order valence-corrected chi connectivity index (χ3v) is 4.62. The fourth-order valence-electron chi connectivity index (χ4n) is 2.93. The van der Waals surface area contributed by atoms with E-state index in [-0.39, 0.29) is 10.9 Å². The summed E-state index contributed by atoms with van der Waals surface area (Å²) in [6.45, 7) is 5.97. The number of aryl methyl sites for hydroxylation is 1. The lowest BCUT2D eigenvalue weighted by atomic mass is 9.99. The van der Waals surface area contributed by atoms with Crippen molar-refractivity contribution in [3.63, 3.8) is 0 Å². The van der Waals surface area contributed by atoms with Gasteiger partial charge in [0.1, 0.15) is 5.82 Å². The Kier molecular flexibility index (Phi) is 5.28. The van der Waals surface area contributed by atoms with Gasteiger partial charge >= 0.3 is 6.18 Å². The Balaban J connectivity index is 2.00. The van der Waals surface area contributed by atoms with Gasteiger partial charge in [-0.1, -0.05) is 31.9 Å². The standard InChI is InChI=1S/C18H19ClF3N5/c1-4-5-10(2)13-9-23-27-16(13)24-11(3)25-17(27)26-15-7-6-12(8-14(15)19)18(20,21)22/h6-10H,4-5H2,1-3H3,(H,24,25,26). The minimum absolute atomic E-state index is 0.0547. The number of rotatable bonds is 5. The van der Waals surface area contributed by atoms with E-state index >= 15 is 0 Å². The minimum Gasteiger partial charge on any atom is -0.323 e. The van der Waals surface area contributed by atoms with Crippen molar-refractivity contribution in [2.24, 2.45) is 0 Å². The van der Waals surface area contributed by atoms with Crippen molar-refractivity contribution in [1.29, 1.82) is 0 Å². The van der Waals surface area contributed by atoms with Gasteiger partial charge in [0.05, 0.1) is 22.5 Å². The monoisotopic (exact) mass is 397 g/mol. The Hall–Kier alpha value is -2.35. The number of aromatic nitrogens is 4. The summed E-state index contributed by atoms with van der Waals surface area (Å²) in [6.07, 6.45) is -0.663. The molecule has 0 aliphatic carbocycles. The van der Waals surface area contributed by atoms with Crippen molar-refractivity contribution < 1.29 is 13.2 Å². The molecule has 3 aromatic rings. The maximum Gasteiger partial charge on any atom is 0.416 e.